The molecule has 0 N–H and O–H groups in total. The van der Waals surface area contributed by atoms with Gasteiger partial charge < -0.3 is 4.42 Å². The van der Waals surface area contributed by atoms with Gasteiger partial charge in [0.1, 0.15) is 11.2 Å². The van der Waals surface area contributed by atoms with Crippen LogP contribution in [0.1, 0.15) is 0 Å². The summed E-state index contributed by atoms with van der Waals surface area (Å²) >= 11 is 0. The van der Waals surface area contributed by atoms with Crippen LogP contribution in [0.2, 0.25) is 0 Å². The second-order valence-electron chi connectivity index (χ2n) is 4.02. The molecule has 4 nitrogen and oxygen atoms in total. The Morgan fingerprint density at radius 1 is 0.947 bits per heavy atom. The maximum atomic E-state index is 12.2. The maximum absolute atomic E-state index is 12.2. The molecule has 0 amide bonds. The summed E-state index contributed by atoms with van der Waals surface area (Å²) in [5.41, 5.74) is 0.407. The van der Waals surface area contributed by atoms with Gasteiger partial charge in [-0.2, -0.15) is 0 Å². The average Bonchev–Trinajstić information content (AvgIpc) is 2.37. The quantitative estimate of drug-likeness (QED) is 0.511. The van der Waals surface area contributed by atoms with Gasteiger partial charge in [0.2, 0.25) is 5.43 Å². The normalized spacial score (nSPS) is 12.1. The van der Waals surface area contributed by atoms with Gasteiger partial charge in [-0.25, -0.2) is 8.42 Å². The molecule has 0 saturated carbocycles. The van der Waals surface area contributed by atoms with E-state index < -0.39 is 9.05 Å². The summed E-state index contributed by atoms with van der Waals surface area (Å²) in [7, 11) is 1.42. The van der Waals surface area contributed by atoms with E-state index >= 15 is 0 Å². The van der Waals surface area contributed by atoms with Crippen molar-refractivity contribution in [2.45, 2.75) is 4.90 Å². The third-order valence-electron chi connectivity index (χ3n) is 2.83. The fourth-order valence-corrected chi connectivity index (χ4v) is 2.70. The summed E-state index contributed by atoms with van der Waals surface area (Å²) in [5, 5.41) is 0.777. The molecule has 1 aromatic heterocycles. The van der Waals surface area contributed by atoms with E-state index in [9.17, 15) is 13.2 Å². The fourth-order valence-electron chi connectivity index (χ4n) is 1.93. The molecule has 0 atom stereocenters. The Bertz CT molecular complexity index is 957. The van der Waals surface area contributed by atoms with Gasteiger partial charge in [0.25, 0.3) is 9.05 Å². The molecule has 3 rings (SSSR count). The Morgan fingerprint density at radius 3 is 2.37 bits per heavy atom. The Labute approximate surface area is 112 Å². The summed E-state index contributed by atoms with van der Waals surface area (Å²) in [6.07, 6.45) is 0. The van der Waals surface area contributed by atoms with Gasteiger partial charge in [-0.15, -0.1) is 0 Å². The summed E-state index contributed by atoms with van der Waals surface area (Å²) < 4.78 is 28.1. The van der Waals surface area contributed by atoms with Crippen LogP contribution in [0.15, 0.2) is 56.6 Å². The van der Waals surface area contributed by atoms with Gasteiger partial charge in [0.15, 0.2) is 0 Å². The Balaban J connectivity index is 2.49. The van der Waals surface area contributed by atoms with Crippen molar-refractivity contribution in [2.24, 2.45) is 0 Å². The molecule has 0 fully saturated rings. The van der Waals surface area contributed by atoms with E-state index in [1.165, 1.54) is 18.2 Å². The zero-order valence-corrected chi connectivity index (χ0v) is 11.0. The zero-order valence-electron chi connectivity index (χ0n) is 9.46. The topological polar surface area (TPSA) is 64.3 Å². The van der Waals surface area contributed by atoms with Crippen LogP contribution >= 0.6 is 10.7 Å². The molecule has 0 radical (unpaired) electrons. The summed E-state index contributed by atoms with van der Waals surface area (Å²) in [5.74, 6) is 0. The monoisotopic (exact) mass is 294 g/mol. The van der Waals surface area contributed by atoms with E-state index in [-0.39, 0.29) is 15.9 Å². The average molecular weight is 295 g/mol. The highest BCUT2D eigenvalue weighted by atomic mass is 35.7. The minimum absolute atomic E-state index is 0.0971. The lowest BCUT2D eigenvalue weighted by Crippen LogP contribution is -2.02. The first-order valence-corrected chi connectivity index (χ1v) is 7.68. The Hall–Kier alpha value is -1.85. The van der Waals surface area contributed by atoms with Crippen molar-refractivity contribution < 1.29 is 12.8 Å². The van der Waals surface area contributed by atoms with Crippen LogP contribution in [0.25, 0.3) is 21.9 Å². The minimum atomic E-state index is -3.85. The molecular formula is C13H7ClO4S. The van der Waals surface area contributed by atoms with Crippen molar-refractivity contribution in [3.63, 3.8) is 0 Å². The number of fused-ring (bicyclic) bond motifs is 2. The molecule has 96 valence electrons. The first-order valence-electron chi connectivity index (χ1n) is 5.37. The molecule has 0 saturated heterocycles. The Kier molecular flexibility index (Phi) is 2.62. The van der Waals surface area contributed by atoms with Crippen LogP contribution in [-0.2, 0) is 9.05 Å². The molecule has 6 heteroatoms. The van der Waals surface area contributed by atoms with Gasteiger partial charge in [0.05, 0.1) is 15.7 Å². The number of para-hydroxylation sites is 1. The third kappa shape index (κ3) is 2.01. The molecular weight excluding hydrogens is 288 g/mol. The molecule has 0 aliphatic heterocycles. The van der Waals surface area contributed by atoms with E-state index in [4.69, 9.17) is 15.1 Å². The molecule has 2 aromatic carbocycles. The predicted molar refractivity (Wildman–Crippen MR) is 73.0 cm³/mol. The lowest BCUT2D eigenvalue weighted by molar-refractivity contribution is 0.608. The predicted octanol–water partition coefficient (Wildman–Crippen LogP) is 2.87. The highest BCUT2D eigenvalue weighted by molar-refractivity contribution is 8.13. The van der Waals surface area contributed by atoms with Gasteiger partial charge in [-0.1, -0.05) is 12.1 Å². The SMILES string of the molecule is O=c1c2ccccc2oc2cc(S(=O)(=O)Cl)ccc12. The Morgan fingerprint density at radius 2 is 1.63 bits per heavy atom. The van der Waals surface area contributed by atoms with E-state index in [0.29, 0.717) is 16.4 Å². The number of benzene rings is 2. The summed E-state index contributed by atoms with van der Waals surface area (Å²) in [6.45, 7) is 0. The van der Waals surface area contributed by atoms with Crippen LogP contribution in [-0.4, -0.2) is 8.42 Å². The molecule has 0 spiro atoms. The van der Waals surface area contributed by atoms with Crippen LogP contribution in [0.3, 0.4) is 0 Å². The highest BCUT2D eigenvalue weighted by Gasteiger charge is 2.13. The second kappa shape index (κ2) is 4.08. The molecule has 19 heavy (non-hydrogen) atoms. The number of halogens is 1. The van der Waals surface area contributed by atoms with Gasteiger partial charge in [-0.3, -0.25) is 4.79 Å². The van der Waals surface area contributed by atoms with Crippen molar-refractivity contribution in [1.29, 1.82) is 0 Å². The zero-order chi connectivity index (χ0) is 13.6. The van der Waals surface area contributed by atoms with E-state index in [2.05, 4.69) is 0 Å². The first-order chi connectivity index (χ1) is 8.97. The fraction of sp³-hybridized carbons (Fsp3) is 0. The van der Waals surface area contributed by atoms with Crippen LogP contribution in [0.5, 0.6) is 0 Å². The van der Waals surface area contributed by atoms with Crippen molar-refractivity contribution in [3.05, 3.63) is 52.7 Å². The standard InChI is InChI=1S/C13H7ClO4S/c14-19(16,17)8-5-6-10-12(7-8)18-11-4-2-1-3-9(11)13(10)15/h1-7H. The van der Waals surface area contributed by atoms with Gasteiger partial charge >= 0.3 is 0 Å². The number of hydrogen-bond acceptors (Lipinski definition) is 4. The summed E-state index contributed by atoms with van der Waals surface area (Å²) in [6, 6.07) is 10.7. The maximum Gasteiger partial charge on any atom is 0.261 e. The molecule has 0 unspecified atom stereocenters. The van der Waals surface area contributed by atoms with E-state index in [1.54, 1.807) is 24.3 Å². The molecule has 0 bridgehead atoms. The van der Waals surface area contributed by atoms with Crippen molar-refractivity contribution in [3.8, 4) is 0 Å². The largest absolute Gasteiger partial charge is 0.456 e. The van der Waals surface area contributed by atoms with E-state index in [1.807, 2.05) is 0 Å². The van der Waals surface area contributed by atoms with Crippen molar-refractivity contribution >= 4 is 41.7 Å². The molecule has 1 heterocycles. The number of hydrogen-bond donors (Lipinski definition) is 0. The highest BCUT2D eigenvalue weighted by Crippen LogP contribution is 2.23. The minimum Gasteiger partial charge on any atom is -0.456 e. The van der Waals surface area contributed by atoms with Crippen LogP contribution in [0.4, 0.5) is 0 Å². The third-order valence-corrected chi connectivity index (χ3v) is 4.18. The number of rotatable bonds is 1. The van der Waals surface area contributed by atoms with Gasteiger partial charge in [-0.05, 0) is 24.3 Å². The first kappa shape index (κ1) is 12.2. The molecule has 0 aliphatic rings. The van der Waals surface area contributed by atoms with Crippen LogP contribution < -0.4 is 5.43 Å². The molecule has 0 aliphatic carbocycles. The van der Waals surface area contributed by atoms with Crippen LogP contribution in [0, 0.1) is 0 Å². The van der Waals surface area contributed by atoms with Crippen molar-refractivity contribution in [2.75, 3.05) is 0 Å². The van der Waals surface area contributed by atoms with E-state index in [0.717, 1.165) is 0 Å². The smallest absolute Gasteiger partial charge is 0.261 e. The summed E-state index contributed by atoms with van der Waals surface area (Å²) in [4.78, 5) is 12.1. The second-order valence-corrected chi connectivity index (χ2v) is 6.59. The van der Waals surface area contributed by atoms with Gasteiger partial charge in [0, 0.05) is 16.7 Å². The van der Waals surface area contributed by atoms with Crippen molar-refractivity contribution in [1.82, 2.24) is 0 Å². The molecule has 3 aromatic rings. The lowest BCUT2D eigenvalue weighted by atomic mass is 10.1. The lowest BCUT2D eigenvalue weighted by Gasteiger charge is -2.02.